The lowest BCUT2D eigenvalue weighted by Gasteiger charge is -2.16. The summed E-state index contributed by atoms with van der Waals surface area (Å²) in [5.41, 5.74) is 4.78. The van der Waals surface area contributed by atoms with Crippen molar-refractivity contribution in [1.29, 1.82) is 0 Å². The van der Waals surface area contributed by atoms with E-state index in [4.69, 9.17) is 4.74 Å². The third-order valence-corrected chi connectivity index (χ3v) is 4.69. The Hall–Kier alpha value is -2.56. The zero-order chi connectivity index (χ0) is 18.0. The largest absolute Gasteiger partial charge is 0.481 e. The number of carbonyl (C=O) groups is 1. The molecule has 25 heavy (non-hydrogen) atoms. The maximum absolute atomic E-state index is 12.3. The van der Waals surface area contributed by atoms with Gasteiger partial charge in [-0.2, -0.15) is 0 Å². The molecule has 1 atom stereocenters. The van der Waals surface area contributed by atoms with Gasteiger partial charge in [-0.25, -0.2) is 0 Å². The molecule has 0 bridgehead atoms. The number of aromatic amines is 1. The van der Waals surface area contributed by atoms with Crippen molar-refractivity contribution < 1.29 is 9.53 Å². The highest BCUT2D eigenvalue weighted by Gasteiger charge is 2.17. The predicted molar refractivity (Wildman–Crippen MR) is 96.9 cm³/mol. The van der Waals surface area contributed by atoms with Gasteiger partial charge in [-0.05, 0) is 74.9 Å². The van der Waals surface area contributed by atoms with Gasteiger partial charge in [-0.1, -0.05) is 6.07 Å². The smallest absolute Gasteiger partial charge is 0.261 e. The van der Waals surface area contributed by atoms with Gasteiger partial charge in [-0.15, -0.1) is 0 Å². The zero-order valence-corrected chi connectivity index (χ0v) is 14.9. The molecule has 3 rings (SSSR count). The van der Waals surface area contributed by atoms with Crippen LogP contribution in [-0.4, -0.2) is 17.0 Å². The first-order valence-corrected chi connectivity index (χ1v) is 8.69. The third-order valence-electron chi connectivity index (χ3n) is 4.69. The fraction of sp³-hybridized carbons (Fsp3) is 0.400. The molecule has 1 heterocycles. The van der Waals surface area contributed by atoms with E-state index in [0.29, 0.717) is 11.3 Å². The lowest BCUT2D eigenvalue weighted by atomic mass is 10.1. The molecule has 1 aliphatic carbocycles. The first-order valence-electron chi connectivity index (χ1n) is 8.69. The summed E-state index contributed by atoms with van der Waals surface area (Å²) in [6.07, 6.45) is 2.75. The van der Waals surface area contributed by atoms with E-state index in [1.807, 2.05) is 32.0 Å². The highest BCUT2D eigenvalue weighted by molar-refractivity contribution is 5.80. The van der Waals surface area contributed by atoms with Crippen LogP contribution in [0.2, 0.25) is 0 Å². The minimum atomic E-state index is -0.621. The van der Waals surface area contributed by atoms with E-state index in [1.165, 1.54) is 17.5 Å². The lowest BCUT2D eigenvalue weighted by molar-refractivity contribution is -0.127. The summed E-state index contributed by atoms with van der Waals surface area (Å²) < 4.78 is 5.77. The summed E-state index contributed by atoms with van der Waals surface area (Å²) in [5, 5.41) is 2.79. The molecule has 0 saturated heterocycles. The molecule has 5 heteroatoms. The van der Waals surface area contributed by atoms with Crippen LogP contribution in [-0.2, 0) is 24.2 Å². The summed E-state index contributed by atoms with van der Waals surface area (Å²) in [6.45, 7) is 5.62. The quantitative estimate of drug-likeness (QED) is 0.879. The molecule has 0 unspecified atom stereocenters. The molecule has 0 radical (unpaired) electrons. The van der Waals surface area contributed by atoms with E-state index in [0.717, 1.165) is 24.1 Å². The molecule has 2 aromatic rings. The Labute approximate surface area is 147 Å². The number of carbonyl (C=O) groups excluding carboxylic acids is 1. The molecule has 0 aliphatic heterocycles. The Morgan fingerprint density at radius 2 is 2.00 bits per heavy atom. The van der Waals surface area contributed by atoms with Gasteiger partial charge in [0, 0.05) is 17.8 Å². The second-order valence-electron chi connectivity index (χ2n) is 6.70. The first kappa shape index (κ1) is 17.3. The van der Waals surface area contributed by atoms with E-state index in [1.54, 1.807) is 6.92 Å². The van der Waals surface area contributed by atoms with Crippen LogP contribution >= 0.6 is 0 Å². The maximum atomic E-state index is 12.3. The average Bonchev–Trinajstić information content (AvgIpc) is 3.01. The number of hydrogen-bond donors (Lipinski definition) is 2. The van der Waals surface area contributed by atoms with Gasteiger partial charge in [0.2, 0.25) is 0 Å². The molecule has 1 aromatic heterocycles. The summed E-state index contributed by atoms with van der Waals surface area (Å²) in [7, 11) is 0. The van der Waals surface area contributed by atoms with Gasteiger partial charge < -0.3 is 15.0 Å². The van der Waals surface area contributed by atoms with Gasteiger partial charge in [0.05, 0.1) is 0 Å². The Balaban J connectivity index is 1.61. The van der Waals surface area contributed by atoms with Crippen LogP contribution in [0.15, 0.2) is 29.1 Å². The van der Waals surface area contributed by atoms with Crippen LogP contribution < -0.4 is 15.6 Å². The maximum Gasteiger partial charge on any atom is 0.261 e. The van der Waals surface area contributed by atoms with E-state index in [2.05, 4.69) is 16.4 Å². The third kappa shape index (κ3) is 3.92. The molecule has 0 saturated carbocycles. The molecule has 1 aromatic carbocycles. The molecular formula is C20H24N2O3. The minimum absolute atomic E-state index is 0.162. The fourth-order valence-electron chi connectivity index (χ4n) is 3.30. The van der Waals surface area contributed by atoms with Gasteiger partial charge in [0.25, 0.3) is 11.5 Å². The normalized spacial score (nSPS) is 14.0. The van der Waals surface area contributed by atoms with Crippen molar-refractivity contribution >= 4 is 5.91 Å². The van der Waals surface area contributed by atoms with E-state index < -0.39 is 6.10 Å². The molecule has 2 N–H and O–H groups in total. The highest BCUT2D eigenvalue weighted by Crippen LogP contribution is 2.26. The Kier molecular flexibility index (Phi) is 4.93. The van der Waals surface area contributed by atoms with Crippen molar-refractivity contribution in [1.82, 2.24) is 10.3 Å². The van der Waals surface area contributed by atoms with E-state index in [9.17, 15) is 9.59 Å². The number of H-pyrrole nitrogens is 1. The van der Waals surface area contributed by atoms with Crippen molar-refractivity contribution in [3.8, 4) is 5.75 Å². The van der Waals surface area contributed by atoms with Gasteiger partial charge in [0.15, 0.2) is 6.10 Å². The Bertz CT molecular complexity index is 855. The number of aryl methyl sites for hydroxylation is 4. The number of rotatable bonds is 5. The number of ether oxygens (including phenoxy) is 1. The topological polar surface area (TPSA) is 71.2 Å². The van der Waals surface area contributed by atoms with Crippen LogP contribution in [0.1, 0.15) is 41.3 Å². The van der Waals surface area contributed by atoms with Crippen molar-refractivity contribution in [3.05, 3.63) is 62.6 Å². The Morgan fingerprint density at radius 3 is 2.76 bits per heavy atom. The molecule has 1 amide bonds. The minimum Gasteiger partial charge on any atom is -0.481 e. The predicted octanol–water partition coefficient (Wildman–Crippen LogP) is 2.56. The van der Waals surface area contributed by atoms with Crippen LogP contribution in [0.25, 0.3) is 0 Å². The van der Waals surface area contributed by atoms with Crippen LogP contribution in [0, 0.1) is 13.8 Å². The number of hydrogen-bond acceptors (Lipinski definition) is 3. The number of pyridine rings is 1. The average molecular weight is 340 g/mol. The summed E-state index contributed by atoms with van der Waals surface area (Å²) in [4.78, 5) is 27.1. The van der Waals surface area contributed by atoms with Crippen LogP contribution in [0.3, 0.4) is 0 Å². The molecule has 5 nitrogen and oxygen atoms in total. The highest BCUT2D eigenvalue weighted by atomic mass is 16.5. The first-order chi connectivity index (χ1) is 11.9. The van der Waals surface area contributed by atoms with Crippen molar-refractivity contribution in [3.63, 3.8) is 0 Å². The summed E-state index contributed by atoms with van der Waals surface area (Å²) >= 11 is 0. The van der Waals surface area contributed by atoms with Gasteiger partial charge in [-0.3, -0.25) is 9.59 Å². The number of aromatic nitrogens is 1. The summed E-state index contributed by atoms with van der Waals surface area (Å²) in [6, 6.07) is 7.93. The standard InChI is InChI=1S/C20H24N2O3/c1-12-9-13(2)22-20(24)18(12)11-21-19(23)14(3)25-17-8-7-15-5-4-6-16(15)10-17/h7-10,14H,4-6,11H2,1-3H3,(H,21,23)(H,22,24)/t14-/m0/s1. The van der Waals surface area contributed by atoms with Crippen molar-refractivity contribution in [2.24, 2.45) is 0 Å². The second kappa shape index (κ2) is 7.13. The zero-order valence-electron chi connectivity index (χ0n) is 14.9. The lowest BCUT2D eigenvalue weighted by Crippen LogP contribution is -2.37. The van der Waals surface area contributed by atoms with Gasteiger partial charge >= 0.3 is 0 Å². The van der Waals surface area contributed by atoms with Gasteiger partial charge in [0.1, 0.15) is 5.75 Å². The molecular weight excluding hydrogens is 316 g/mol. The molecule has 0 fully saturated rings. The monoisotopic (exact) mass is 340 g/mol. The summed E-state index contributed by atoms with van der Waals surface area (Å²) in [5.74, 6) is 0.479. The van der Waals surface area contributed by atoms with E-state index in [-0.39, 0.29) is 18.0 Å². The fourth-order valence-corrected chi connectivity index (χ4v) is 3.30. The molecule has 1 aliphatic rings. The number of amides is 1. The SMILES string of the molecule is Cc1cc(C)c(CNC(=O)[C@H](C)Oc2ccc3c(c2)CCC3)c(=O)[nH]1. The number of nitrogens with one attached hydrogen (secondary N) is 2. The Morgan fingerprint density at radius 1 is 1.24 bits per heavy atom. The second-order valence-corrected chi connectivity index (χ2v) is 6.70. The number of fused-ring (bicyclic) bond motifs is 1. The van der Waals surface area contributed by atoms with Crippen LogP contribution in [0.4, 0.5) is 0 Å². The number of benzene rings is 1. The molecule has 132 valence electrons. The van der Waals surface area contributed by atoms with Crippen LogP contribution in [0.5, 0.6) is 5.75 Å². The van der Waals surface area contributed by atoms with E-state index >= 15 is 0 Å². The molecule has 0 spiro atoms. The van der Waals surface area contributed by atoms with Crippen molar-refractivity contribution in [2.75, 3.05) is 0 Å². The van der Waals surface area contributed by atoms with Crippen molar-refractivity contribution in [2.45, 2.75) is 52.7 Å².